The molecule has 0 spiro atoms. The van der Waals surface area contributed by atoms with E-state index in [0.717, 1.165) is 17.9 Å². The summed E-state index contributed by atoms with van der Waals surface area (Å²) in [6.45, 7) is 3.63. The fourth-order valence-electron chi connectivity index (χ4n) is 3.84. The minimum Gasteiger partial charge on any atom is -0.314 e. The molecule has 1 heteroatoms. The van der Waals surface area contributed by atoms with Gasteiger partial charge in [-0.1, -0.05) is 31.2 Å². The van der Waals surface area contributed by atoms with Crippen LogP contribution in [-0.4, -0.2) is 12.6 Å². The van der Waals surface area contributed by atoms with Crippen LogP contribution in [0.4, 0.5) is 0 Å². The van der Waals surface area contributed by atoms with Crippen LogP contribution in [-0.2, 0) is 6.42 Å². The average molecular weight is 243 g/mol. The maximum Gasteiger partial charge on any atom is 0.00754 e. The summed E-state index contributed by atoms with van der Waals surface area (Å²) in [6.07, 6.45) is 8.15. The van der Waals surface area contributed by atoms with Gasteiger partial charge in [0.15, 0.2) is 0 Å². The number of fused-ring (bicyclic) bond motifs is 1. The number of hydrogen-bond donors (Lipinski definition) is 1. The number of benzene rings is 1. The number of rotatable bonds is 2. The van der Waals surface area contributed by atoms with Gasteiger partial charge in [-0.3, -0.25) is 0 Å². The smallest absolute Gasteiger partial charge is 0.00754 e. The predicted octanol–water partition coefficient (Wildman–Crippen LogP) is 3.88. The molecule has 0 aromatic heterocycles. The summed E-state index contributed by atoms with van der Waals surface area (Å²) in [4.78, 5) is 0. The zero-order valence-corrected chi connectivity index (χ0v) is 11.5. The molecule has 1 aliphatic heterocycles. The number of nitrogens with one attached hydrogen (secondary N) is 1. The Morgan fingerprint density at radius 1 is 1.22 bits per heavy atom. The lowest BCUT2D eigenvalue weighted by Gasteiger charge is -2.33. The van der Waals surface area contributed by atoms with Crippen LogP contribution in [0.15, 0.2) is 24.3 Å². The molecule has 0 radical (unpaired) electrons. The maximum absolute atomic E-state index is 3.73. The zero-order valence-electron chi connectivity index (χ0n) is 11.5. The van der Waals surface area contributed by atoms with Crippen molar-refractivity contribution in [1.29, 1.82) is 0 Å². The molecule has 2 aliphatic rings. The lowest BCUT2D eigenvalue weighted by atomic mass is 9.78. The van der Waals surface area contributed by atoms with Crippen LogP contribution in [0.25, 0.3) is 0 Å². The van der Waals surface area contributed by atoms with E-state index in [9.17, 15) is 0 Å². The summed E-state index contributed by atoms with van der Waals surface area (Å²) in [5.74, 6) is 1.72. The molecule has 3 atom stereocenters. The molecule has 1 nitrogen and oxygen atoms in total. The highest BCUT2D eigenvalue weighted by Gasteiger charge is 2.25. The molecule has 1 fully saturated rings. The van der Waals surface area contributed by atoms with Gasteiger partial charge in [0.1, 0.15) is 0 Å². The number of hydrogen-bond acceptors (Lipinski definition) is 1. The van der Waals surface area contributed by atoms with E-state index >= 15 is 0 Å². The van der Waals surface area contributed by atoms with Gasteiger partial charge in [-0.05, 0) is 68.0 Å². The van der Waals surface area contributed by atoms with Crippen molar-refractivity contribution in [3.8, 4) is 0 Å². The molecule has 1 saturated heterocycles. The third-order valence-electron chi connectivity index (χ3n) is 4.82. The molecule has 18 heavy (non-hydrogen) atoms. The van der Waals surface area contributed by atoms with Gasteiger partial charge >= 0.3 is 0 Å². The fourth-order valence-corrected chi connectivity index (χ4v) is 3.84. The van der Waals surface area contributed by atoms with Crippen molar-refractivity contribution in [3.05, 3.63) is 35.4 Å². The highest BCUT2D eigenvalue weighted by atomic mass is 14.9. The van der Waals surface area contributed by atoms with Gasteiger partial charge in [-0.25, -0.2) is 0 Å². The van der Waals surface area contributed by atoms with Crippen LogP contribution >= 0.6 is 0 Å². The Hall–Kier alpha value is -0.820. The van der Waals surface area contributed by atoms with Crippen LogP contribution in [0, 0.1) is 5.92 Å². The lowest BCUT2D eigenvalue weighted by molar-refractivity contribution is 0.288. The van der Waals surface area contributed by atoms with E-state index in [4.69, 9.17) is 0 Å². The third-order valence-corrected chi connectivity index (χ3v) is 4.82. The van der Waals surface area contributed by atoms with Gasteiger partial charge in [-0.2, -0.15) is 0 Å². The number of piperidine rings is 1. The minimum absolute atomic E-state index is 0.755. The van der Waals surface area contributed by atoms with Crippen LogP contribution < -0.4 is 5.32 Å². The average Bonchev–Trinajstić information content (AvgIpc) is 2.39. The summed E-state index contributed by atoms with van der Waals surface area (Å²) in [6, 6.07) is 9.87. The molecule has 1 aliphatic carbocycles. The molecule has 3 rings (SSSR count). The fraction of sp³-hybridized carbons (Fsp3) is 0.647. The van der Waals surface area contributed by atoms with Crippen LogP contribution in [0.2, 0.25) is 0 Å². The second-order valence-corrected chi connectivity index (χ2v) is 6.30. The van der Waals surface area contributed by atoms with E-state index < -0.39 is 0 Å². The van der Waals surface area contributed by atoms with Crippen molar-refractivity contribution in [3.63, 3.8) is 0 Å². The molecular formula is C17H25N. The van der Waals surface area contributed by atoms with E-state index in [0.29, 0.717) is 0 Å². The highest BCUT2D eigenvalue weighted by Crippen LogP contribution is 2.36. The summed E-state index contributed by atoms with van der Waals surface area (Å²) < 4.78 is 0. The predicted molar refractivity (Wildman–Crippen MR) is 76.9 cm³/mol. The van der Waals surface area contributed by atoms with E-state index in [1.807, 2.05) is 0 Å². The van der Waals surface area contributed by atoms with E-state index in [1.165, 1.54) is 45.1 Å². The molecule has 1 aromatic carbocycles. The van der Waals surface area contributed by atoms with Gasteiger partial charge in [-0.15, -0.1) is 0 Å². The zero-order chi connectivity index (χ0) is 12.4. The molecule has 1 N–H and O–H groups in total. The monoisotopic (exact) mass is 243 g/mol. The van der Waals surface area contributed by atoms with E-state index in [1.54, 1.807) is 11.1 Å². The van der Waals surface area contributed by atoms with Crippen molar-refractivity contribution in [1.82, 2.24) is 5.32 Å². The normalized spacial score (nSPS) is 31.9. The van der Waals surface area contributed by atoms with Crippen molar-refractivity contribution >= 4 is 0 Å². The second-order valence-electron chi connectivity index (χ2n) is 6.30. The first-order valence-electron chi connectivity index (χ1n) is 7.64. The molecule has 98 valence electrons. The quantitative estimate of drug-likeness (QED) is 0.831. The van der Waals surface area contributed by atoms with Crippen molar-refractivity contribution in [2.45, 2.75) is 57.4 Å². The Morgan fingerprint density at radius 2 is 2.11 bits per heavy atom. The summed E-state index contributed by atoms with van der Waals surface area (Å²) in [7, 11) is 0. The van der Waals surface area contributed by atoms with Crippen LogP contribution in [0.5, 0.6) is 0 Å². The minimum atomic E-state index is 0.755. The maximum atomic E-state index is 3.73. The van der Waals surface area contributed by atoms with Gasteiger partial charge in [0, 0.05) is 6.04 Å². The van der Waals surface area contributed by atoms with Gasteiger partial charge < -0.3 is 5.32 Å². The Bertz CT molecular complexity index is 398. The van der Waals surface area contributed by atoms with Crippen molar-refractivity contribution in [2.24, 2.45) is 5.92 Å². The summed E-state index contributed by atoms with van der Waals surface area (Å²) in [5.41, 5.74) is 3.25. The van der Waals surface area contributed by atoms with Crippen LogP contribution in [0.3, 0.4) is 0 Å². The van der Waals surface area contributed by atoms with Crippen LogP contribution in [0.1, 0.15) is 56.1 Å². The number of aryl methyl sites for hydroxylation is 1. The first kappa shape index (κ1) is 12.2. The lowest BCUT2D eigenvalue weighted by Crippen LogP contribution is -2.38. The Kier molecular flexibility index (Phi) is 3.69. The van der Waals surface area contributed by atoms with Gasteiger partial charge in [0.05, 0.1) is 0 Å². The van der Waals surface area contributed by atoms with E-state index in [-0.39, 0.29) is 0 Å². The van der Waals surface area contributed by atoms with Crippen molar-refractivity contribution in [2.75, 3.05) is 6.54 Å². The Morgan fingerprint density at radius 3 is 3.00 bits per heavy atom. The molecule has 1 aromatic rings. The Labute approximate surface area is 111 Å². The molecule has 0 bridgehead atoms. The second kappa shape index (κ2) is 5.44. The topological polar surface area (TPSA) is 12.0 Å². The van der Waals surface area contributed by atoms with Crippen molar-refractivity contribution < 1.29 is 0 Å². The van der Waals surface area contributed by atoms with Gasteiger partial charge in [0.25, 0.3) is 0 Å². The molecule has 0 amide bonds. The Balaban J connectivity index is 1.70. The third kappa shape index (κ3) is 2.61. The highest BCUT2D eigenvalue weighted by molar-refractivity contribution is 5.32. The summed E-state index contributed by atoms with van der Waals surface area (Å²) >= 11 is 0. The van der Waals surface area contributed by atoms with Gasteiger partial charge in [0.2, 0.25) is 0 Å². The largest absolute Gasteiger partial charge is 0.314 e. The molecule has 1 heterocycles. The molecule has 3 unspecified atom stereocenters. The first-order valence-corrected chi connectivity index (χ1v) is 7.64. The summed E-state index contributed by atoms with van der Waals surface area (Å²) in [5, 5.41) is 3.73. The first-order chi connectivity index (χ1) is 8.83. The van der Waals surface area contributed by atoms with E-state index in [2.05, 4.69) is 36.5 Å². The molecular weight excluding hydrogens is 218 g/mol. The SMILES string of the molecule is CC1CCNC(CC2CCCc3ccccc32)C1. The standard InChI is InChI=1S/C17H25N/c1-13-9-10-18-16(11-13)12-15-7-4-6-14-5-2-3-8-17(14)15/h2-3,5,8,13,15-16,18H,4,6-7,9-12H2,1H3. The molecule has 0 saturated carbocycles.